The van der Waals surface area contributed by atoms with E-state index >= 15 is 0 Å². The van der Waals surface area contributed by atoms with E-state index in [2.05, 4.69) is 48.9 Å². The first-order valence-electron chi connectivity index (χ1n) is 10.3. The maximum absolute atomic E-state index is 11.8. The van der Waals surface area contributed by atoms with Crippen LogP contribution in [0.5, 0.6) is 0 Å². The summed E-state index contributed by atoms with van der Waals surface area (Å²) in [7, 11) is 3.51. The summed E-state index contributed by atoms with van der Waals surface area (Å²) in [6.07, 6.45) is 4.98. The second-order valence-electron chi connectivity index (χ2n) is 8.30. The Labute approximate surface area is 190 Å². The van der Waals surface area contributed by atoms with E-state index in [9.17, 15) is 4.79 Å². The molecule has 1 aromatic carbocycles. The predicted octanol–water partition coefficient (Wildman–Crippen LogP) is 4.74. The topological polar surface area (TPSA) is 74.9 Å². The fourth-order valence-electron chi connectivity index (χ4n) is 3.09. The van der Waals surface area contributed by atoms with Gasteiger partial charge in [0, 0.05) is 32.8 Å². The van der Waals surface area contributed by atoms with E-state index in [0.717, 1.165) is 16.8 Å². The van der Waals surface area contributed by atoms with Gasteiger partial charge < -0.3 is 14.2 Å². The molecule has 0 amide bonds. The van der Waals surface area contributed by atoms with Crippen LogP contribution in [0.25, 0.3) is 11.3 Å². The molecule has 0 bridgehead atoms. The summed E-state index contributed by atoms with van der Waals surface area (Å²) in [5, 5.41) is 4.43. The van der Waals surface area contributed by atoms with Crippen LogP contribution in [0.4, 0.5) is 4.79 Å². The molecule has 0 aliphatic rings. The van der Waals surface area contributed by atoms with E-state index < -0.39 is 12.4 Å². The van der Waals surface area contributed by atoms with Crippen LogP contribution >= 0.6 is 0 Å². The molecule has 0 fully saturated rings. The lowest BCUT2D eigenvalue weighted by Crippen LogP contribution is -2.20. The second-order valence-corrected chi connectivity index (χ2v) is 8.30. The van der Waals surface area contributed by atoms with E-state index in [0.29, 0.717) is 11.5 Å². The van der Waals surface area contributed by atoms with Crippen molar-refractivity contribution in [1.29, 1.82) is 0 Å². The minimum atomic E-state index is -0.945. The lowest BCUT2D eigenvalue weighted by atomic mass is 9.86. The molecule has 2 rings (SSSR count). The zero-order valence-electron chi connectivity index (χ0n) is 19.8. The molecular formula is C25H31N3O4. The first-order valence-corrected chi connectivity index (χ1v) is 10.3. The Hall–Kier alpha value is -3.53. The van der Waals surface area contributed by atoms with Gasteiger partial charge in [0.25, 0.3) is 0 Å². The van der Waals surface area contributed by atoms with Crippen molar-refractivity contribution in [3.63, 3.8) is 0 Å². The Morgan fingerprint density at radius 3 is 2.44 bits per heavy atom. The average molecular weight is 438 g/mol. The SMILES string of the molecule is C#CCOC(=O)OC(C)O/C(=C(/C=NC)c1ccc(C(C)(C)C)cc1)c1cc(C)nn1C. The number of carbonyl (C=O) groups is 1. The van der Waals surface area contributed by atoms with E-state index in [-0.39, 0.29) is 12.0 Å². The number of rotatable bonds is 7. The molecule has 0 spiro atoms. The minimum absolute atomic E-state index is 0.0286. The van der Waals surface area contributed by atoms with Crippen LogP contribution in [0, 0.1) is 19.3 Å². The van der Waals surface area contributed by atoms with Crippen molar-refractivity contribution in [2.75, 3.05) is 13.7 Å². The number of aromatic nitrogens is 2. The summed E-state index contributed by atoms with van der Waals surface area (Å²) in [6.45, 7) is 9.81. The minimum Gasteiger partial charge on any atom is -0.452 e. The molecule has 0 aliphatic heterocycles. The van der Waals surface area contributed by atoms with Crippen molar-refractivity contribution >= 4 is 23.7 Å². The molecule has 0 saturated carbocycles. The Kier molecular flexibility index (Phi) is 8.25. The van der Waals surface area contributed by atoms with Crippen LogP contribution in [0.2, 0.25) is 0 Å². The first-order chi connectivity index (χ1) is 15.1. The zero-order valence-corrected chi connectivity index (χ0v) is 19.8. The van der Waals surface area contributed by atoms with Crippen LogP contribution in [0.1, 0.15) is 50.2 Å². The van der Waals surface area contributed by atoms with Gasteiger partial charge in [0.05, 0.1) is 5.69 Å². The summed E-state index contributed by atoms with van der Waals surface area (Å²) in [5.41, 5.74) is 4.40. The molecule has 170 valence electrons. The van der Waals surface area contributed by atoms with Crippen LogP contribution in [-0.2, 0) is 26.7 Å². The van der Waals surface area contributed by atoms with Crippen molar-refractivity contribution < 1.29 is 19.0 Å². The molecule has 1 unspecified atom stereocenters. The van der Waals surface area contributed by atoms with Crippen molar-refractivity contribution in [3.05, 3.63) is 52.8 Å². The second kappa shape index (κ2) is 10.7. The summed E-state index contributed by atoms with van der Waals surface area (Å²) < 4.78 is 17.8. The summed E-state index contributed by atoms with van der Waals surface area (Å²) in [4.78, 5) is 16.0. The Bertz CT molecular complexity index is 1030. The summed E-state index contributed by atoms with van der Waals surface area (Å²) in [6, 6.07) is 10.1. The molecule has 32 heavy (non-hydrogen) atoms. The first kappa shape index (κ1) is 24.7. The number of ether oxygens (including phenoxy) is 3. The highest BCUT2D eigenvalue weighted by Crippen LogP contribution is 2.30. The highest BCUT2D eigenvalue weighted by Gasteiger charge is 2.22. The van der Waals surface area contributed by atoms with Crippen LogP contribution in [-0.4, -0.2) is 42.1 Å². The van der Waals surface area contributed by atoms with Crippen molar-refractivity contribution in [2.45, 2.75) is 46.3 Å². The van der Waals surface area contributed by atoms with Gasteiger partial charge in [0.1, 0.15) is 5.69 Å². The van der Waals surface area contributed by atoms with Crippen LogP contribution in [0.3, 0.4) is 0 Å². The fourth-order valence-corrected chi connectivity index (χ4v) is 3.09. The van der Waals surface area contributed by atoms with Crippen molar-refractivity contribution in [3.8, 4) is 12.3 Å². The molecule has 0 saturated heterocycles. The van der Waals surface area contributed by atoms with E-state index in [1.165, 1.54) is 5.56 Å². The van der Waals surface area contributed by atoms with Crippen LogP contribution < -0.4 is 0 Å². The third-order valence-electron chi connectivity index (χ3n) is 4.62. The molecule has 1 aromatic heterocycles. The smallest absolute Gasteiger partial charge is 0.452 e. The van der Waals surface area contributed by atoms with Gasteiger partial charge in [-0.1, -0.05) is 51.0 Å². The number of terminal acetylenes is 1. The van der Waals surface area contributed by atoms with Crippen LogP contribution in [0.15, 0.2) is 35.3 Å². The molecule has 2 aromatic rings. The highest BCUT2D eigenvalue weighted by atomic mass is 16.8. The molecular weight excluding hydrogens is 406 g/mol. The molecule has 1 atom stereocenters. The Balaban J connectivity index is 2.54. The van der Waals surface area contributed by atoms with Crippen molar-refractivity contribution in [2.24, 2.45) is 12.0 Å². The van der Waals surface area contributed by atoms with Gasteiger partial charge in [-0.25, -0.2) is 4.79 Å². The molecule has 0 radical (unpaired) electrons. The number of benzene rings is 1. The van der Waals surface area contributed by atoms with Gasteiger partial charge in [-0.05, 0) is 29.5 Å². The predicted molar refractivity (Wildman–Crippen MR) is 126 cm³/mol. The number of aryl methyl sites for hydroxylation is 2. The van der Waals surface area contributed by atoms with Gasteiger partial charge in [-0.15, -0.1) is 6.42 Å². The lowest BCUT2D eigenvalue weighted by molar-refractivity contribution is -0.0644. The van der Waals surface area contributed by atoms with E-state index in [1.54, 1.807) is 24.9 Å². The molecule has 1 heterocycles. The molecule has 0 N–H and O–H groups in total. The van der Waals surface area contributed by atoms with Gasteiger partial charge in [-0.2, -0.15) is 5.10 Å². The van der Waals surface area contributed by atoms with Gasteiger partial charge >= 0.3 is 6.16 Å². The average Bonchev–Trinajstić information content (AvgIpc) is 3.06. The number of aliphatic imine (C=N–C) groups is 1. The highest BCUT2D eigenvalue weighted by molar-refractivity contribution is 6.18. The van der Waals surface area contributed by atoms with Gasteiger partial charge in [0.2, 0.25) is 6.29 Å². The monoisotopic (exact) mass is 437 g/mol. The summed E-state index contributed by atoms with van der Waals surface area (Å²) in [5.74, 6) is 2.69. The third-order valence-corrected chi connectivity index (χ3v) is 4.62. The van der Waals surface area contributed by atoms with E-state index in [1.807, 2.05) is 32.2 Å². The quantitative estimate of drug-likeness (QED) is 0.206. The molecule has 7 heteroatoms. The maximum Gasteiger partial charge on any atom is 0.512 e. The number of hydrogen-bond donors (Lipinski definition) is 0. The largest absolute Gasteiger partial charge is 0.512 e. The number of allylic oxidation sites excluding steroid dienone is 1. The zero-order chi connectivity index (χ0) is 23.9. The van der Waals surface area contributed by atoms with Gasteiger partial charge in [-0.3, -0.25) is 9.67 Å². The molecule has 7 nitrogen and oxygen atoms in total. The molecule has 0 aliphatic carbocycles. The normalized spacial score (nSPS) is 13.3. The third kappa shape index (κ3) is 6.48. The Morgan fingerprint density at radius 2 is 1.94 bits per heavy atom. The number of carbonyl (C=O) groups excluding carboxylic acids is 1. The fraction of sp³-hybridized carbons (Fsp3) is 0.400. The lowest BCUT2D eigenvalue weighted by Gasteiger charge is -2.21. The standard InChI is InChI=1S/C25H31N3O4/c1-9-14-30-24(29)32-18(3)31-23(22-15-17(2)27-28(22)8)21(16-26-7)19-10-12-20(13-11-19)25(4,5)6/h1,10-13,15-16,18H,14H2,2-8H3/b23-21-,26-16?. The number of hydrogen-bond acceptors (Lipinski definition) is 6. The van der Waals surface area contributed by atoms with Gasteiger partial charge in [0.15, 0.2) is 12.4 Å². The van der Waals surface area contributed by atoms with Crippen molar-refractivity contribution in [1.82, 2.24) is 9.78 Å². The van der Waals surface area contributed by atoms with E-state index in [4.69, 9.17) is 20.6 Å². The number of nitrogens with zero attached hydrogens (tertiary/aromatic N) is 3. The maximum atomic E-state index is 11.8. The summed E-state index contributed by atoms with van der Waals surface area (Å²) >= 11 is 0. The Morgan fingerprint density at radius 1 is 1.28 bits per heavy atom.